The minimum absolute atomic E-state index is 0.346. The summed E-state index contributed by atoms with van der Waals surface area (Å²) in [5.41, 5.74) is 0.346. The van der Waals surface area contributed by atoms with E-state index in [1.54, 1.807) is 0 Å². The fraction of sp³-hybridized carbons (Fsp3) is 1.00. The van der Waals surface area contributed by atoms with Gasteiger partial charge in [0.2, 0.25) is 0 Å². The molecular formula is C19H35N3O2. The molecule has 0 aromatic heterocycles. The molecular weight excluding hydrogens is 302 g/mol. The number of hydrogen-bond donors (Lipinski definition) is 2. The van der Waals surface area contributed by atoms with E-state index >= 15 is 0 Å². The molecule has 4 fully saturated rings. The van der Waals surface area contributed by atoms with Crippen LogP contribution in [0.4, 0.5) is 0 Å². The molecule has 5 heteroatoms. The van der Waals surface area contributed by atoms with Gasteiger partial charge in [-0.1, -0.05) is 6.42 Å². The van der Waals surface area contributed by atoms with Gasteiger partial charge in [-0.2, -0.15) is 0 Å². The smallest absolute Gasteiger partial charge is 0.0623 e. The molecule has 0 bridgehead atoms. The maximum atomic E-state index is 5.72. The topological polar surface area (TPSA) is 45.8 Å². The Bertz CT molecular complexity index is 388. The van der Waals surface area contributed by atoms with Crippen molar-refractivity contribution < 1.29 is 9.47 Å². The monoisotopic (exact) mass is 337 g/mol. The SMILES string of the molecule is C1CC(NCC2(N3CCCC3)CCOCC2)C(C2COCCN2)C1. The Morgan fingerprint density at radius 2 is 1.83 bits per heavy atom. The van der Waals surface area contributed by atoms with E-state index in [1.165, 1.54) is 58.0 Å². The summed E-state index contributed by atoms with van der Waals surface area (Å²) in [6, 6.07) is 1.21. The minimum Gasteiger partial charge on any atom is -0.381 e. The van der Waals surface area contributed by atoms with Crippen LogP contribution < -0.4 is 10.6 Å². The third-order valence-electron chi connectivity index (χ3n) is 6.93. The van der Waals surface area contributed by atoms with E-state index in [9.17, 15) is 0 Å². The molecule has 24 heavy (non-hydrogen) atoms. The number of likely N-dealkylation sites (tertiary alicyclic amines) is 1. The van der Waals surface area contributed by atoms with Crippen molar-refractivity contribution in [3.63, 3.8) is 0 Å². The van der Waals surface area contributed by atoms with E-state index in [1.807, 2.05) is 0 Å². The summed E-state index contributed by atoms with van der Waals surface area (Å²) in [7, 11) is 0. The number of morpholine rings is 1. The average molecular weight is 338 g/mol. The number of nitrogens with zero attached hydrogens (tertiary/aromatic N) is 1. The second-order valence-electron chi connectivity index (χ2n) is 8.25. The van der Waals surface area contributed by atoms with E-state index in [4.69, 9.17) is 9.47 Å². The Hall–Kier alpha value is -0.200. The molecule has 0 aromatic carbocycles. The highest BCUT2D eigenvalue weighted by Crippen LogP contribution is 2.33. The first kappa shape index (κ1) is 17.2. The third-order valence-corrected chi connectivity index (χ3v) is 6.93. The Kier molecular flexibility index (Phi) is 5.74. The van der Waals surface area contributed by atoms with Crippen LogP contribution in [0.15, 0.2) is 0 Å². The van der Waals surface area contributed by atoms with Gasteiger partial charge in [0.15, 0.2) is 0 Å². The molecule has 4 rings (SSSR count). The average Bonchev–Trinajstić information content (AvgIpc) is 3.34. The highest BCUT2D eigenvalue weighted by Gasteiger charge is 2.41. The molecule has 0 aromatic rings. The van der Waals surface area contributed by atoms with Crippen LogP contribution in [0.1, 0.15) is 44.9 Å². The van der Waals surface area contributed by atoms with Gasteiger partial charge >= 0.3 is 0 Å². The van der Waals surface area contributed by atoms with Crippen LogP contribution in [-0.4, -0.2) is 75.1 Å². The highest BCUT2D eigenvalue weighted by molar-refractivity contribution is 4.99. The largest absolute Gasteiger partial charge is 0.381 e. The van der Waals surface area contributed by atoms with E-state index in [0.717, 1.165) is 45.4 Å². The van der Waals surface area contributed by atoms with Crippen LogP contribution in [0, 0.1) is 5.92 Å². The van der Waals surface area contributed by atoms with Crippen molar-refractivity contribution in [2.75, 3.05) is 52.6 Å². The Labute approximate surface area is 146 Å². The fourth-order valence-electron chi connectivity index (χ4n) is 5.45. The van der Waals surface area contributed by atoms with Gasteiger partial charge in [0.25, 0.3) is 0 Å². The summed E-state index contributed by atoms with van der Waals surface area (Å²) in [6.07, 6.45) is 9.18. The number of nitrogens with one attached hydrogen (secondary N) is 2. The van der Waals surface area contributed by atoms with Crippen molar-refractivity contribution in [1.82, 2.24) is 15.5 Å². The quantitative estimate of drug-likeness (QED) is 0.794. The first-order valence-electron chi connectivity index (χ1n) is 10.2. The van der Waals surface area contributed by atoms with Crippen molar-refractivity contribution in [3.8, 4) is 0 Å². The second kappa shape index (κ2) is 8.00. The van der Waals surface area contributed by atoms with Gasteiger partial charge in [-0.25, -0.2) is 0 Å². The minimum atomic E-state index is 0.346. The lowest BCUT2D eigenvalue weighted by molar-refractivity contribution is -0.0210. The van der Waals surface area contributed by atoms with Crippen LogP contribution in [0.25, 0.3) is 0 Å². The zero-order chi connectivity index (χ0) is 16.2. The zero-order valence-electron chi connectivity index (χ0n) is 15.1. The normalized spacial score (nSPS) is 37.8. The van der Waals surface area contributed by atoms with Crippen molar-refractivity contribution in [2.24, 2.45) is 5.92 Å². The first-order valence-corrected chi connectivity index (χ1v) is 10.2. The summed E-state index contributed by atoms with van der Waals surface area (Å²) in [6.45, 7) is 8.37. The predicted octanol–water partition coefficient (Wildman–Crippen LogP) is 1.38. The van der Waals surface area contributed by atoms with Gasteiger partial charge in [-0.05, 0) is 57.5 Å². The summed E-state index contributed by atoms with van der Waals surface area (Å²) in [5, 5.41) is 7.72. The maximum absolute atomic E-state index is 5.72. The summed E-state index contributed by atoms with van der Waals surface area (Å²) >= 11 is 0. The lowest BCUT2D eigenvalue weighted by atomic mass is 9.86. The van der Waals surface area contributed by atoms with Crippen LogP contribution in [0.3, 0.4) is 0 Å². The highest BCUT2D eigenvalue weighted by atomic mass is 16.5. The molecule has 3 saturated heterocycles. The Morgan fingerprint density at radius 3 is 2.58 bits per heavy atom. The summed E-state index contributed by atoms with van der Waals surface area (Å²) in [4.78, 5) is 2.77. The molecule has 2 N–H and O–H groups in total. The van der Waals surface area contributed by atoms with Crippen LogP contribution >= 0.6 is 0 Å². The lowest BCUT2D eigenvalue weighted by Crippen LogP contribution is -2.59. The number of hydrogen-bond acceptors (Lipinski definition) is 5. The van der Waals surface area contributed by atoms with Gasteiger partial charge in [-0.15, -0.1) is 0 Å². The zero-order valence-corrected chi connectivity index (χ0v) is 15.1. The van der Waals surface area contributed by atoms with Crippen molar-refractivity contribution in [2.45, 2.75) is 62.6 Å². The van der Waals surface area contributed by atoms with Crippen LogP contribution in [0.5, 0.6) is 0 Å². The summed E-state index contributed by atoms with van der Waals surface area (Å²) in [5.74, 6) is 0.737. The number of rotatable bonds is 5. The van der Waals surface area contributed by atoms with Gasteiger partial charge in [0.1, 0.15) is 0 Å². The molecule has 4 aliphatic rings. The second-order valence-corrected chi connectivity index (χ2v) is 8.25. The molecule has 1 aliphatic carbocycles. The molecule has 3 aliphatic heterocycles. The first-order chi connectivity index (χ1) is 11.9. The predicted molar refractivity (Wildman–Crippen MR) is 95.3 cm³/mol. The van der Waals surface area contributed by atoms with E-state index < -0.39 is 0 Å². The van der Waals surface area contributed by atoms with Gasteiger partial charge in [-0.3, -0.25) is 4.90 Å². The van der Waals surface area contributed by atoms with Crippen LogP contribution in [-0.2, 0) is 9.47 Å². The fourth-order valence-corrected chi connectivity index (χ4v) is 5.45. The molecule has 1 saturated carbocycles. The molecule has 5 nitrogen and oxygen atoms in total. The molecule has 138 valence electrons. The summed E-state index contributed by atoms with van der Waals surface area (Å²) < 4.78 is 11.4. The van der Waals surface area contributed by atoms with Gasteiger partial charge < -0.3 is 20.1 Å². The van der Waals surface area contributed by atoms with Crippen LogP contribution in [0.2, 0.25) is 0 Å². The third kappa shape index (κ3) is 3.65. The van der Waals surface area contributed by atoms with E-state index in [2.05, 4.69) is 15.5 Å². The Balaban J connectivity index is 1.37. The van der Waals surface area contributed by atoms with E-state index in [-0.39, 0.29) is 0 Å². The molecule has 0 amide bonds. The van der Waals surface area contributed by atoms with Gasteiger partial charge in [0, 0.05) is 43.9 Å². The number of ether oxygens (including phenoxy) is 2. The molecule has 3 heterocycles. The Morgan fingerprint density at radius 1 is 1.00 bits per heavy atom. The standard InChI is InChI=1S/C19H35N3O2/c1-2-10-22(9-1)19(6-11-23-12-7-19)15-21-17-5-3-4-16(17)18-14-24-13-8-20-18/h16-18,20-21H,1-15H2. The van der Waals surface area contributed by atoms with Crippen molar-refractivity contribution in [1.29, 1.82) is 0 Å². The molecule has 0 radical (unpaired) electrons. The van der Waals surface area contributed by atoms with E-state index in [0.29, 0.717) is 17.6 Å². The van der Waals surface area contributed by atoms with Gasteiger partial charge in [0.05, 0.1) is 13.2 Å². The maximum Gasteiger partial charge on any atom is 0.0623 e. The van der Waals surface area contributed by atoms with Crippen molar-refractivity contribution >= 4 is 0 Å². The lowest BCUT2D eigenvalue weighted by Gasteiger charge is -2.46. The molecule has 0 spiro atoms. The van der Waals surface area contributed by atoms with Crippen molar-refractivity contribution in [3.05, 3.63) is 0 Å². The molecule has 3 atom stereocenters. The molecule has 3 unspecified atom stereocenters.